The highest BCUT2D eigenvalue weighted by Gasteiger charge is 2.66. The molecule has 2 amide bonds. The quantitative estimate of drug-likeness (QED) is 0.470. The largest absolute Gasteiger partial charge is 0.274 e. The Kier molecular flexibility index (Phi) is 3.61. The molecule has 0 N–H and O–H groups in total. The molecular formula is C25H17Cl2NO2. The number of anilines is 1. The lowest BCUT2D eigenvalue weighted by Crippen LogP contribution is -2.51. The number of imide groups is 1. The number of halogens is 2. The summed E-state index contributed by atoms with van der Waals surface area (Å²) in [7, 11) is 0. The van der Waals surface area contributed by atoms with Crippen LogP contribution >= 0.6 is 23.2 Å². The molecule has 1 aliphatic heterocycles. The molecule has 0 radical (unpaired) electrons. The van der Waals surface area contributed by atoms with E-state index in [1.807, 2.05) is 24.3 Å². The molecule has 3 nitrogen and oxygen atoms in total. The van der Waals surface area contributed by atoms with Crippen LogP contribution < -0.4 is 4.90 Å². The first kappa shape index (κ1) is 18.2. The maximum absolute atomic E-state index is 13.8. The van der Waals surface area contributed by atoms with Crippen LogP contribution in [0.1, 0.15) is 35.1 Å². The third-order valence-corrected chi connectivity index (χ3v) is 7.94. The van der Waals surface area contributed by atoms with Crippen molar-refractivity contribution in [3.8, 4) is 0 Å². The second kappa shape index (κ2) is 5.96. The Morgan fingerprint density at radius 1 is 0.800 bits per heavy atom. The zero-order chi connectivity index (χ0) is 20.8. The van der Waals surface area contributed by atoms with Crippen molar-refractivity contribution in [2.24, 2.45) is 11.8 Å². The van der Waals surface area contributed by atoms with E-state index in [1.165, 1.54) is 4.90 Å². The normalized spacial score (nSPS) is 28.4. The molecule has 0 aromatic heterocycles. The Hall–Kier alpha value is -2.62. The molecule has 3 aromatic carbocycles. The first-order chi connectivity index (χ1) is 14.4. The van der Waals surface area contributed by atoms with E-state index in [9.17, 15) is 9.59 Å². The highest BCUT2D eigenvalue weighted by Crippen LogP contribution is 2.64. The van der Waals surface area contributed by atoms with Gasteiger partial charge in [-0.05, 0) is 40.5 Å². The third kappa shape index (κ3) is 2.02. The zero-order valence-corrected chi connectivity index (χ0v) is 17.6. The topological polar surface area (TPSA) is 37.4 Å². The molecule has 0 spiro atoms. The first-order valence-corrected chi connectivity index (χ1v) is 10.7. The van der Waals surface area contributed by atoms with E-state index in [1.54, 1.807) is 18.2 Å². The van der Waals surface area contributed by atoms with Crippen LogP contribution in [0.3, 0.4) is 0 Å². The molecular weight excluding hydrogens is 417 g/mol. The number of hydrogen-bond donors (Lipinski definition) is 0. The molecule has 1 heterocycles. The van der Waals surface area contributed by atoms with Crippen molar-refractivity contribution >= 4 is 40.7 Å². The molecule has 2 atom stereocenters. The summed E-state index contributed by atoms with van der Waals surface area (Å²) in [5.74, 6) is -1.34. The molecule has 4 aliphatic rings. The molecule has 5 heteroatoms. The van der Waals surface area contributed by atoms with Crippen molar-refractivity contribution in [1.82, 2.24) is 0 Å². The van der Waals surface area contributed by atoms with Gasteiger partial charge in [0, 0.05) is 11.3 Å². The Balaban J connectivity index is 1.60. The predicted molar refractivity (Wildman–Crippen MR) is 117 cm³/mol. The monoisotopic (exact) mass is 433 g/mol. The average Bonchev–Trinajstić information content (AvgIpc) is 3.02. The van der Waals surface area contributed by atoms with Crippen LogP contribution in [0, 0.1) is 11.8 Å². The number of hydrogen-bond acceptors (Lipinski definition) is 2. The number of nitrogens with zero attached hydrogens (tertiary/aromatic N) is 1. The van der Waals surface area contributed by atoms with Gasteiger partial charge in [0.25, 0.3) is 0 Å². The molecule has 3 aliphatic carbocycles. The number of rotatable bonds is 1. The molecule has 3 aromatic rings. The lowest BCUT2D eigenvalue weighted by molar-refractivity contribution is -0.123. The van der Waals surface area contributed by atoms with Gasteiger partial charge >= 0.3 is 0 Å². The van der Waals surface area contributed by atoms with Crippen molar-refractivity contribution in [1.29, 1.82) is 0 Å². The minimum Gasteiger partial charge on any atom is -0.274 e. The summed E-state index contributed by atoms with van der Waals surface area (Å²) < 4.78 is 0. The van der Waals surface area contributed by atoms with Crippen LogP contribution in [0.4, 0.5) is 5.69 Å². The molecule has 1 fully saturated rings. The van der Waals surface area contributed by atoms with E-state index in [4.69, 9.17) is 23.2 Å². The van der Waals surface area contributed by atoms with Crippen LogP contribution in [0.15, 0.2) is 66.7 Å². The van der Waals surface area contributed by atoms with Gasteiger partial charge in [0.05, 0.1) is 27.6 Å². The Morgan fingerprint density at radius 2 is 1.40 bits per heavy atom. The second-order valence-electron chi connectivity index (χ2n) is 8.47. The second-order valence-corrected chi connectivity index (χ2v) is 9.28. The van der Waals surface area contributed by atoms with Gasteiger partial charge in [0.15, 0.2) is 0 Å². The summed E-state index contributed by atoms with van der Waals surface area (Å²) >= 11 is 12.3. The van der Waals surface area contributed by atoms with Gasteiger partial charge in [-0.15, -0.1) is 0 Å². The fraction of sp³-hybridized carbons (Fsp3) is 0.200. The summed E-state index contributed by atoms with van der Waals surface area (Å²) in [6, 6.07) is 21.4. The van der Waals surface area contributed by atoms with Crippen LogP contribution in [0.25, 0.3) is 0 Å². The summed E-state index contributed by atoms with van der Waals surface area (Å²) in [4.78, 5) is 28.8. The lowest BCUT2D eigenvalue weighted by Gasteiger charge is -2.52. The maximum Gasteiger partial charge on any atom is 0.238 e. The molecule has 30 heavy (non-hydrogen) atoms. The predicted octanol–water partition coefficient (Wildman–Crippen LogP) is 5.56. The van der Waals surface area contributed by atoms with Gasteiger partial charge in [-0.2, -0.15) is 0 Å². The number of carbonyl (C=O) groups is 2. The van der Waals surface area contributed by atoms with E-state index in [-0.39, 0.29) is 17.7 Å². The molecule has 0 unspecified atom stereocenters. The van der Waals surface area contributed by atoms with Gasteiger partial charge < -0.3 is 0 Å². The number of carbonyl (C=O) groups excluding carboxylic acids is 2. The van der Waals surface area contributed by atoms with E-state index in [0.717, 1.165) is 22.3 Å². The van der Waals surface area contributed by atoms with E-state index in [0.29, 0.717) is 15.7 Å². The van der Waals surface area contributed by atoms with Crippen molar-refractivity contribution < 1.29 is 9.59 Å². The summed E-state index contributed by atoms with van der Waals surface area (Å²) in [6.07, 6.45) is 0. The van der Waals surface area contributed by atoms with Crippen molar-refractivity contribution in [2.75, 3.05) is 4.90 Å². The standard InChI is InChI=1S/C25H17Cl2NO2/c1-25-16-8-4-2-6-14(16)20(15-7-3-5-9-17(15)25)21-22(25)24(30)28(23(21)29)13-10-11-18(26)19(27)12-13/h2-12,20-22H,1H3/t20?,21-,22-,25?/m0/s1. The SMILES string of the molecule is CC12c3ccccc3C(c3ccccc31)[C@@H]1C(=O)N(c3ccc(Cl)c(Cl)c3)C(=O)[C@H]12. The fourth-order valence-corrected chi connectivity index (χ4v) is 6.32. The Bertz CT molecular complexity index is 1220. The fourth-order valence-electron chi connectivity index (χ4n) is 6.03. The van der Waals surface area contributed by atoms with Crippen molar-refractivity contribution in [3.63, 3.8) is 0 Å². The minimum absolute atomic E-state index is 0.131. The van der Waals surface area contributed by atoms with Gasteiger partial charge in [0.1, 0.15) is 0 Å². The summed E-state index contributed by atoms with van der Waals surface area (Å²) in [6.45, 7) is 2.11. The van der Waals surface area contributed by atoms with Gasteiger partial charge in [-0.3, -0.25) is 9.59 Å². The van der Waals surface area contributed by atoms with Crippen LogP contribution in [-0.2, 0) is 15.0 Å². The molecule has 148 valence electrons. The molecule has 2 bridgehead atoms. The van der Waals surface area contributed by atoms with E-state index >= 15 is 0 Å². The number of benzene rings is 3. The summed E-state index contributed by atoms with van der Waals surface area (Å²) in [5, 5.41) is 0.717. The minimum atomic E-state index is -0.565. The first-order valence-electron chi connectivity index (χ1n) is 9.96. The van der Waals surface area contributed by atoms with Gasteiger partial charge in [0.2, 0.25) is 11.8 Å². The highest BCUT2D eigenvalue weighted by molar-refractivity contribution is 6.42. The number of amides is 2. The maximum atomic E-state index is 13.8. The van der Waals surface area contributed by atoms with E-state index in [2.05, 4.69) is 31.2 Å². The zero-order valence-electron chi connectivity index (χ0n) is 16.1. The molecule has 1 saturated heterocycles. The van der Waals surface area contributed by atoms with Crippen molar-refractivity contribution in [2.45, 2.75) is 18.3 Å². The highest BCUT2D eigenvalue weighted by atomic mass is 35.5. The summed E-state index contributed by atoms with van der Waals surface area (Å²) in [5.41, 5.74) is 4.50. The van der Waals surface area contributed by atoms with Gasteiger partial charge in [-0.1, -0.05) is 78.7 Å². The van der Waals surface area contributed by atoms with Crippen LogP contribution in [0.2, 0.25) is 10.0 Å². The third-order valence-electron chi connectivity index (χ3n) is 7.20. The lowest BCUT2D eigenvalue weighted by atomic mass is 9.48. The Morgan fingerprint density at radius 3 is 2.00 bits per heavy atom. The molecule has 7 rings (SSSR count). The van der Waals surface area contributed by atoms with E-state index < -0.39 is 17.3 Å². The van der Waals surface area contributed by atoms with Crippen molar-refractivity contribution in [3.05, 3.63) is 99.0 Å². The van der Waals surface area contributed by atoms with Crippen LogP contribution in [0.5, 0.6) is 0 Å². The van der Waals surface area contributed by atoms with Crippen LogP contribution in [-0.4, -0.2) is 11.8 Å². The molecule has 0 saturated carbocycles. The Labute approximate surface area is 184 Å². The average molecular weight is 434 g/mol. The van der Waals surface area contributed by atoms with Gasteiger partial charge in [-0.25, -0.2) is 4.90 Å². The smallest absolute Gasteiger partial charge is 0.238 e.